The summed E-state index contributed by atoms with van der Waals surface area (Å²) >= 11 is 0. The van der Waals surface area contributed by atoms with Gasteiger partial charge in [-0.2, -0.15) is 0 Å². The Morgan fingerprint density at radius 1 is 1.12 bits per heavy atom. The average Bonchev–Trinajstić information content (AvgIpc) is 2.12. The van der Waals surface area contributed by atoms with Crippen molar-refractivity contribution in [3.8, 4) is 0 Å². The number of carbonyl (C=O) groups is 1. The highest BCUT2D eigenvalue weighted by atomic mass is 16.1. The molecule has 0 aliphatic rings. The lowest BCUT2D eigenvalue weighted by molar-refractivity contribution is -0.129. The summed E-state index contributed by atoms with van der Waals surface area (Å²) in [7, 11) is 0. The van der Waals surface area contributed by atoms with Gasteiger partial charge in [0, 0.05) is 11.0 Å². The van der Waals surface area contributed by atoms with Crippen molar-refractivity contribution in [3.63, 3.8) is 0 Å². The van der Waals surface area contributed by atoms with Crippen LogP contribution in [0.1, 0.15) is 60.8 Å². The highest BCUT2D eigenvalue weighted by molar-refractivity contribution is 5.88. The minimum atomic E-state index is -0.286. The van der Waals surface area contributed by atoms with Crippen molar-refractivity contribution < 1.29 is 4.79 Å². The fourth-order valence-corrected chi connectivity index (χ4v) is 1.81. The smallest absolute Gasteiger partial charge is 0.155 e. The Bertz CT molecular complexity index is 236. The molecule has 102 valence electrons. The second-order valence-electron chi connectivity index (χ2n) is 6.85. The number of unbranched alkanes of at least 4 members (excludes halogenated alkanes) is 1. The van der Waals surface area contributed by atoms with Crippen LogP contribution in [0.4, 0.5) is 0 Å². The molecule has 0 aliphatic heterocycles. The summed E-state index contributed by atoms with van der Waals surface area (Å²) in [4.78, 5) is 12.3. The van der Waals surface area contributed by atoms with Crippen LogP contribution in [0.25, 0.3) is 0 Å². The number of hydrogen-bond donors (Lipinski definition) is 2. The fraction of sp³-hybridized carbons (Fsp3) is 0.929. The molecule has 3 nitrogen and oxygen atoms in total. The second kappa shape index (κ2) is 6.50. The molecule has 0 bridgehead atoms. The quantitative estimate of drug-likeness (QED) is 0.704. The topological polar surface area (TPSA) is 55.1 Å². The number of hydrogen-bond acceptors (Lipinski definition) is 3. The van der Waals surface area contributed by atoms with Gasteiger partial charge in [0.15, 0.2) is 5.78 Å². The summed E-state index contributed by atoms with van der Waals surface area (Å²) in [5.41, 5.74) is 5.18. The van der Waals surface area contributed by atoms with Crippen molar-refractivity contribution in [1.29, 1.82) is 0 Å². The molecule has 0 heterocycles. The van der Waals surface area contributed by atoms with Gasteiger partial charge in [0.05, 0.1) is 6.04 Å². The molecular formula is C14H30N2O. The van der Waals surface area contributed by atoms with Crippen molar-refractivity contribution in [1.82, 2.24) is 5.32 Å². The molecule has 1 atom stereocenters. The second-order valence-corrected chi connectivity index (χ2v) is 6.85. The van der Waals surface area contributed by atoms with E-state index in [0.717, 1.165) is 19.3 Å². The van der Waals surface area contributed by atoms with Gasteiger partial charge < -0.3 is 11.1 Å². The molecular weight excluding hydrogens is 212 g/mol. The first-order valence-corrected chi connectivity index (χ1v) is 6.60. The van der Waals surface area contributed by atoms with Gasteiger partial charge in [-0.25, -0.2) is 0 Å². The summed E-state index contributed by atoms with van der Waals surface area (Å²) in [6, 6.07) is -0.0541. The SMILES string of the molecule is CC(C)(C)N[C@@H](CCCCN)C(=O)C(C)(C)C. The molecule has 0 rings (SSSR count). The molecule has 0 amide bonds. The van der Waals surface area contributed by atoms with Crippen LogP contribution in [-0.4, -0.2) is 23.9 Å². The fourth-order valence-electron chi connectivity index (χ4n) is 1.81. The zero-order valence-corrected chi connectivity index (χ0v) is 12.4. The number of nitrogens with two attached hydrogens (primary N) is 1. The zero-order chi connectivity index (χ0) is 13.7. The van der Waals surface area contributed by atoms with Crippen molar-refractivity contribution in [3.05, 3.63) is 0 Å². The highest BCUT2D eigenvalue weighted by Crippen LogP contribution is 2.20. The Labute approximate surface area is 107 Å². The number of ketones is 1. The maximum atomic E-state index is 12.3. The van der Waals surface area contributed by atoms with Crippen LogP contribution in [0, 0.1) is 5.41 Å². The van der Waals surface area contributed by atoms with Crippen LogP contribution in [0.5, 0.6) is 0 Å². The molecule has 0 aromatic heterocycles. The van der Waals surface area contributed by atoms with Gasteiger partial charge in [-0.05, 0) is 40.2 Å². The molecule has 0 unspecified atom stereocenters. The van der Waals surface area contributed by atoms with Gasteiger partial charge >= 0.3 is 0 Å². The Kier molecular flexibility index (Phi) is 6.35. The van der Waals surface area contributed by atoms with E-state index in [1.54, 1.807) is 0 Å². The summed E-state index contributed by atoms with van der Waals surface area (Å²) in [5, 5.41) is 3.43. The van der Waals surface area contributed by atoms with E-state index in [1.165, 1.54) is 0 Å². The molecule has 0 saturated carbocycles. The number of carbonyl (C=O) groups excluding carboxylic acids is 1. The normalized spacial score (nSPS) is 14.8. The van der Waals surface area contributed by atoms with Crippen molar-refractivity contribution in [2.75, 3.05) is 6.54 Å². The van der Waals surface area contributed by atoms with Gasteiger partial charge in [0.2, 0.25) is 0 Å². The number of nitrogens with one attached hydrogen (secondary N) is 1. The average molecular weight is 242 g/mol. The molecule has 0 spiro atoms. The Balaban J connectivity index is 4.56. The highest BCUT2D eigenvalue weighted by Gasteiger charge is 2.31. The van der Waals surface area contributed by atoms with Crippen LogP contribution < -0.4 is 11.1 Å². The third kappa shape index (κ3) is 7.50. The van der Waals surface area contributed by atoms with Crippen molar-refractivity contribution in [2.24, 2.45) is 11.1 Å². The van der Waals surface area contributed by atoms with Gasteiger partial charge in [0.1, 0.15) is 0 Å². The lowest BCUT2D eigenvalue weighted by Gasteiger charge is -2.31. The maximum Gasteiger partial charge on any atom is 0.155 e. The van der Waals surface area contributed by atoms with Crippen LogP contribution in [-0.2, 0) is 4.79 Å². The van der Waals surface area contributed by atoms with E-state index in [1.807, 2.05) is 20.8 Å². The molecule has 0 aromatic carbocycles. The Morgan fingerprint density at radius 3 is 2.00 bits per heavy atom. The molecule has 3 N–H and O–H groups in total. The molecule has 0 saturated heterocycles. The van der Waals surface area contributed by atoms with E-state index in [-0.39, 0.29) is 17.0 Å². The van der Waals surface area contributed by atoms with Crippen molar-refractivity contribution >= 4 is 5.78 Å². The minimum absolute atomic E-state index is 0.0334. The van der Waals surface area contributed by atoms with E-state index >= 15 is 0 Å². The number of rotatable bonds is 6. The number of Topliss-reactive ketones (excluding diaryl/α,β-unsaturated/α-hetero) is 1. The lowest BCUT2D eigenvalue weighted by atomic mass is 9.84. The third-order valence-electron chi connectivity index (χ3n) is 2.61. The van der Waals surface area contributed by atoms with E-state index in [4.69, 9.17) is 5.73 Å². The van der Waals surface area contributed by atoms with Gasteiger partial charge in [0.25, 0.3) is 0 Å². The maximum absolute atomic E-state index is 12.3. The molecule has 3 heteroatoms. The zero-order valence-electron chi connectivity index (χ0n) is 12.4. The van der Waals surface area contributed by atoms with Crippen LogP contribution in [0.15, 0.2) is 0 Å². The van der Waals surface area contributed by atoms with Gasteiger partial charge in [-0.15, -0.1) is 0 Å². The van der Waals surface area contributed by atoms with Crippen molar-refractivity contribution in [2.45, 2.75) is 72.4 Å². The Hall–Kier alpha value is -0.410. The molecule has 0 aromatic rings. The minimum Gasteiger partial charge on any atom is -0.330 e. The lowest BCUT2D eigenvalue weighted by Crippen LogP contribution is -2.50. The summed E-state index contributed by atoms with van der Waals surface area (Å²) < 4.78 is 0. The summed E-state index contributed by atoms with van der Waals surface area (Å²) in [6.07, 6.45) is 2.87. The molecule has 0 fully saturated rings. The van der Waals surface area contributed by atoms with Crippen LogP contribution >= 0.6 is 0 Å². The standard InChI is InChI=1S/C14H30N2O/c1-13(2,3)12(17)11(9-7-8-10-15)16-14(4,5)6/h11,16H,7-10,15H2,1-6H3/t11-/m0/s1. The van der Waals surface area contributed by atoms with Crippen LogP contribution in [0.2, 0.25) is 0 Å². The predicted molar refractivity (Wildman–Crippen MR) is 74.0 cm³/mol. The van der Waals surface area contributed by atoms with Crippen LogP contribution in [0.3, 0.4) is 0 Å². The first kappa shape index (κ1) is 16.6. The van der Waals surface area contributed by atoms with E-state index in [9.17, 15) is 4.79 Å². The van der Waals surface area contributed by atoms with E-state index in [0.29, 0.717) is 12.3 Å². The summed E-state index contributed by atoms with van der Waals surface area (Å²) in [5.74, 6) is 0.296. The monoisotopic (exact) mass is 242 g/mol. The largest absolute Gasteiger partial charge is 0.330 e. The van der Waals surface area contributed by atoms with Gasteiger partial charge in [-0.1, -0.05) is 27.2 Å². The van der Waals surface area contributed by atoms with E-state index < -0.39 is 0 Å². The molecule has 17 heavy (non-hydrogen) atoms. The summed E-state index contributed by atoms with van der Waals surface area (Å²) in [6.45, 7) is 12.9. The Morgan fingerprint density at radius 2 is 1.65 bits per heavy atom. The predicted octanol–water partition coefficient (Wildman–Crippen LogP) is 2.49. The van der Waals surface area contributed by atoms with Gasteiger partial charge in [-0.3, -0.25) is 4.79 Å². The first-order chi connectivity index (χ1) is 7.58. The third-order valence-corrected chi connectivity index (χ3v) is 2.61. The molecule has 0 aliphatic carbocycles. The first-order valence-electron chi connectivity index (χ1n) is 6.60. The van der Waals surface area contributed by atoms with E-state index in [2.05, 4.69) is 26.1 Å². The molecule has 0 radical (unpaired) electrons.